The molecule has 26 heavy (non-hydrogen) atoms. The minimum atomic E-state index is 0.200. The molecular weight excluding hydrogens is 348 g/mol. The lowest BCUT2D eigenvalue weighted by molar-refractivity contribution is 0.474. The van der Waals surface area contributed by atoms with Crippen molar-refractivity contribution in [2.75, 3.05) is 23.4 Å². The van der Waals surface area contributed by atoms with Crippen molar-refractivity contribution >= 4 is 40.1 Å². The van der Waals surface area contributed by atoms with Crippen molar-refractivity contribution in [1.29, 1.82) is 0 Å². The highest BCUT2D eigenvalue weighted by Gasteiger charge is 2.06. The van der Waals surface area contributed by atoms with Crippen LogP contribution in [0.25, 0.3) is 10.9 Å². The number of halogens is 1. The molecule has 2 aromatic carbocycles. The number of anilines is 2. The first-order valence-electron chi connectivity index (χ1n) is 8.53. The molecule has 0 saturated carbocycles. The van der Waals surface area contributed by atoms with Crippen LogP contribution in [-0.4, -0.2) is 29.4 Å². The molecule has 0 aliphatic carbocycles. The molecule has 2 N–H and O–H groups in total. The van der Waals surface area contributed by atoms with Gasteiger partial charge in [-0.3, -0.25) is 10.4 Å². The second-order valence-corrected chi connectivity index (χ2v) is 6.24. The number of nitrogens with one attached hydrogen (secondary N) is 1. The van der Waals surface area contributed by atoms with Gasteiger partial charge in [0.25, 0.3) is 0 Å². The number of phenolic OH excluding ortho intramolecular Hbond substituents is 1. The maximum atomic E-state index is 10.3. The van der Waals surface area contributed by atoms with Crippen LogP contribution in [0, 0.1) is 0 Å². The van der Waals surface area contributed by atoms with Crippen LogP contribution in [0.3, 0.4) is 0 Å². The van der Waals surface area contributed by atoms with Crippen LogP contribution in [0.5, 0.6) is 5.75 Å². The van der Waals surface area contributed by atoms with Gasteiger partial charge in [0.2, 0.25) is 0 Å². The average molecular weight is 369 g/mol. The second-order valence-electron chi connectivity index (χ2n) is 5.81. The Morgan fingerprint density at radius 1 is 1.15 bits per heavy atom. The number of nitrogens with zero attached hydrogens (tertiary/aromatic N) is 3. The Bertz CT molecular complexity index is 938. The van der Waals surface area contributed by atoms with Crippen LogP contribution in [0.15, 0.2) is 53.8 Å². The van der Waals surface area contributed by atoms with Crippen molar-refractivity contribution in [2.24, 2.45) is 5.10 Å². The van der Waals surface area contributed by atoms with E-state index in [-0.39, 0.29) is 5.75 Å². The van der Waals surface area contributed by atoms with Gasteiger partial charge in [-0.1, -0.05) is 11.6 Å². The smallest absolute Gasteiger partial charge is 0.126 e. The van der Waals surface area contributed by atoms with E-state index in [0.29, 0.717) is 10.6 Å². The van der Waals surface area contributed by atoms with Crippen LogP contribution in [0.2, 0.25) is 5.02 Å². The van der Waals surface area contributed by atoms with E-state index in [9.17, 15) is 5.11 Å². The van der Waals surface area contributed by atoms with E-state index in [1.54, 1.807) is 18.5 Å². The highest BCUT2D eigenvalue weighted by atomic mass is 35.5. The van der Waals surface area contributed by atoms with Crippen molar-refractivity contribution in [3.63, 3.8) is 0 Å². The SMILES string of the molecule is CCN(CC)c1ccc(/C=N/Nc2ccnc3cc(Cl)ccc23)c(O)c1. The zero-order valence-corrected chi connectivity index (χ0v) is 15.5. The molecule has 0 aliphatic heterocycles. The minimum absolute atomic E-state index is 0.200. The maximum Gasteiger partial charge on any atom is 0.126 e. The fourth-order valence-electron chi connectivity index (χ4n) is 2.82. The molecule has 0 spiro atoms. The molecular formula is C20H21ClN4O. The summed E-state index contributed by atoms with van der Waals surface area (Å²) < 4.78 is 0. The standard InChI is InChI=1S/C20H21ClN4O/c1-3-25(4-2)16-7-5-14(20(26)12-16)13-23-24-18-9-10-22-19-11-15(21)6-8-17(18)19/h5-13,26H,3-4H2,1-2H3,(H,22,24)/b23-13+. The zero-order chi connectivity index (χ0) is 18.5. The van der Waals surface area contributed by atoms with Crippen molar-refractivity contribution in [3.05, 3.63) is 59.2 Å². The molecule has 0 aliphatic rings. The van der Waals surface area contributed by atoms with Crippen molar-refractivity contribution in [2.45, 2.75) is 13.8 Å². The first-order valence-corrected chi connectivity index (χ1v) is 8.91. The average Bonchev–Trinajstić information content (AvgIpc) is 2.64. The van der Waals surface area contributed by atoms with Crippen molar-refractivity contribution in [1.82, 2.24) is 4.98 Å². The number of hydrazone groups is 1. The van der Waals surface area contributed by atoms with Crippen LogP contribution < -0.4 is 10.3 Å². The Labute approximate surface area is 157 Å². The Balaban J connectivity index is 1.79. The third kappa shape index (κ3) is 3.89. The number of aromatic nitrogens is 1. The molecule has 0 atom stereocenters. The summed E-state index contributed by atoms with van der Waals surface area (Å²) in [6.45, 7) is 5.96. The monoisotopic (exact) mass is 368 g/mol. The van der Waals surface area contributed by atoms with Crippen molar-refractivity contribution < 1.29 is 5.11 Å². The molecule has 3 aromatic rings. The quantitative estimate of drug-likeness (QED) is 0.480. The van der Waals surface area contributed by atoms with Crippen molar-refractivity contribution in [3.8, 4) is 5.75 Å². The van der Waals surface area contributed by atoms with Crippen LogP contribution in [0.1, 0.15) is 19.4 Å². The number of benzene rings is 2. The molecule has 3 rings (SSSR count). The Kier molecular flexibility index (Phi) is 5.58. The Morgan fingerprint density at radius 2 is 1.96 bits per heavy atom. The third-order valence-electron chi connectivity index (χ3n) is 4.24. The summed E-state index contributed by atoms with van der Waals surface area (Å²) in [7, 11) is 0. The molecule has 5 nitrogen and oxygen atoms in total. The summed E-state index contributed by atoms with van der Waals surface area (Å²) in [5.74, 6) is 0.200. The zero-order valence-electron chi connectivity index (χ0n) is 14.8. The van der Waals surface area contributed by atoms with E-state index in [4.69, 9.17) is 11.6 Å². The molecule has 0 bridgehead atoms. The summed E-state index contributed by atoms with van der Waals surface area (Å²) in [4.78, 5) is 6.48. The summed E-state index contributed by atoms with van der Waals surface area (Å²) >= 11 is 6.01. The molecule has 134 valence electrons. The lowest BCUT2D eigenvalue weighted by Crippen LogP contribution is -2.21. The maximum absolute atomic E-state index is 10.3. The number of phenols is 1. The van der Waals surface area contributed by atoms with Crippen LogP contribution in [0.4, 0.5) is 11.4 Å². The van der Waals surface area contributed by atoms with Gasteiger partial charge < -0.3 is 10.0 Å². The molecule has 6 heteroatoms. The van der Waals surface area contributed by atoms with Gasteiger partial charge in [0.1, 0.15) is 5.75 Å². The highest BCUT2D eigenvalue weighted by Crippen LogP contribution is 2.25. The fourth-order valence-corrected chi connectivity index (χ4v) is 2.98. The van der Waals surface area contributed by atoms with Gasteiger partial charge >= 0.3 is 0 Å². The second kappa shape index (κ2) is 8.06. The number of rotatable bonds is 6. The number of hydrogen-bond acceptors (Lipinski definition) is 5. The molecule has 1 aromatic heterocycles. The normalized spacial score (nSPS) is 11.2. The predicted octanol–water partition coefficient (Wildman–Crippen LogP) is 4.89. The lowest BCUT2D eigenvalue weighted by Gasteiger charge is -2.21. The molecule has 0 radical (unpaired) electrons. The molecule has 0 amide bonds. The number of hydrogen-bond donors (Lipinski definition) is 2. The van der Waals surface area contributed by atoms with Crippen LogP contribution >= 0.6 is 11.6 Å². The largest absolute Gasteiger partial charge is 0.507 e. The van der Waals surface area contributed by atoms with E-state index in [1.807, 2.05) is 36.4 Å². The van der Waals surface area contributed by atoms with Gasteiger partial charge in [0.15, 0.2) is 0 Å². The number of pyridine rings is 1. The Hall–Kier alpha value is -2.79. The van der Waals surface area contributed by atoms with E-state index in [2.05, 4.69) is 34.3 Å². The first-order chi connectivity index (χ1) is 12.6. The van der Waals surface area contributed by atoms with E-state index in [0.717, 1.165) is 35.4 Å². The van der Waals surface area contributed by atoms with Gasteiger partial charge in [0.05, 0.1) is 17.4 Å². The van der Waals surface area contributed by atoms with Gasteiger partial charge in [0, 0.05) is 47.0 Å². The summed E-state index contributed by atoms with van der Waals surface area (Å²) in [5.41, 5.74) is 6.27. The van der Waals surface area contributed by atoms with Gasteiger partial charge in [-0.25, -0.2) is 0 Å². The molecule has 1 heterocycles. The van der Waals surface area contributed by atoms with E-state index in [1.165, 1.54) is 0 Å². The molecule has 0 fully saturated rings. The fraction of sp³-hybridized carbons (Fsp3) is 0.200. The lowest BCUT2D eigenvalue weighted by atomic mass is 10.2. The predicted molar refractivity (Wildman–Crippen MR) is 110 cm³/mol. The van der Waals surface area contributed by atoms with Gasteiger partial charge in [-0.05, 0) is 50.2 Å². The van der Waals surface area contributed by atoms with Gasteiger partial charge in [-0.15, -0.1) is 0 Å². The summed E-state index contributed by atoms with van der Waals surface area (Å²) in [6.07, 6.45) is 3.30. The van der Waals surface area contributed by atoms with E-state index < -0.39 is 0 Å². The summed E-state index contributed by atoms with van der Waals surface area (Å²) in [5, 5.41) is 16.1. The minimum Gasteiger partial charge on any atom is -0.507 e. The highest BCUT2D eigenvalue weighted by molar-refractivity contribution is 6.31. The summed E-state index contributed by atoms with van der Waals surface area (Å²) in [6, 6.07) is 13.0. The van der Waals surface area contributed by atoms with E-state index >= 15 is 0 Å². The Morgan fingerprint density at radius 3 is 2.69 bits per heavy atom. The topological polar surface area (TPSA) is 60.8 Å². The number of fused-ring (bicyclic) bond motifs is 1. The molecule has 0 unspecified atom stereocenters. The third-order valence-corrected chi connectivity index (χ3v) is 4.47. The van der Waals surface area contributed by atoms with Gasteiger partial charge in [-0.2, -0.15) is 5.10 Å². The van der Waals surface area contributed by atoms with Crippen LogP contribution in [-0.2, 0) is 0 Å². The molecule has 0 saturated heterocycles. The first kappa shape index (κ1) is 18.0. The number of aromatic hydroxyl groups is 1.